The Morgan fingerprint density at radius 3 is 2.04 bits per heavy atom. The third-order valence-electron chi connectivity index (χ3n) is 4.80. The van der Waals surface area contributed by atoms with Gasteiger partial charge in [0.25, 0.3) is 0 Å². The number of anilines is 2. The van der Waals surface area contributed by atoms with Gasteiger partial charge >= 0.3 is 0 Å². The van der Waals surface area contributed by atoms with Crippen LogP contribution >= 0.6 is 0 Å². The molecule has 0 fully saturated rings. The van der Waals surface area contributed by atoms with Crippen molar-refractivity contribution in [3.63, 3.8) is 0 Å². The summed E-state index contributed by atoms with van der Waals surface area (Å²) in [5, 5.41) is 5.63. The van der Waals surface area contributed by atoms with E-state index in [1.54, 1.807) is 0 Å². The van der Waals surface area contributed by atoms with Crippen molar-refractivity contribution < 1.29 is 9.59 Å². The lowest BCUT2D eigenvalue weighted by Crippen LogP contribution is -2.40. The molecular formula is C23H31N3O2. The zero-order chi connectivity index (χ0) is 20.8. The summed E-state index contributed by atoms with van der Waals surface area (Å²) < 4.78 is 0. The quantitative estimate of drug-likeness (QED) is 0.767. The second kappa shape index (κ2) is 9.40. The fourth-order valence-corrected chi connectivity index (χ4v) is 3.50. The van der Waals surface area contributed by atoms with Crippen molar-refractivity contribution >= 4 is 23.2 Å². The number of aryl methyl sites for hydroxylation is 5. The first-order valence-corrected chi connectivity index (χ1v) is 9.67. The van der Waals surface area contributed by atoms with Crippen LogP contribution in [-0.2, 0) is 9.59 Å². The maximum atomic E-state index is 12.4. The van der Waals surface area contributed by atoms with E-state index in [0.717, 1.165) is 33.6 Å². The predicted octanol–water partition coefficient (Wildman–Crippen LogP) is 3.81. The molecule has 0 aliphatic heterocycles. The molecule has 0 aromatic heterocycles. The summed E-state index contributed by atoms with van der Waals surface area (Å²) >= 11 is 0. The molecule has 0 saturated carbocycles. The van der Waals surface area contributed by atoms with E-state index in [1.807, 2.05) is 63.8 Å². The van der Waals surface area contributed by atoms with E-state index in [9.17, 15) is 9.59 Å². The van der Waals surface area contributed by atoms with Gasteiger partial charge in [-0.25, -0.2) is 0 Å². The molecule has 150 valence electrons. The number of nitrogens with one attached hydrogen (secondary N) is 2. The lowest BCUT2D eigenvalue weighted by molar-refractivity contribution is -0.123. The monoisotopic (exact) mass is 381 g/mol. The molecule has 5 nitrogen and oxygen atoms in total. The zero-order valence-electron chi connectivity index (χ0n) is 17.8. The third kappa shape index (κ3) is 5.59. The van der Waals surface area contributed by atoms with Gasteiger partial charge in [-0.1, -0.05) is 35.4 Å². The van der Waals surface area contributed by atoms with Crippen LogP contribution in [0.3, 0.4) is 0 Å². The summed E-state index contributed by atoms with van der Waals surface area (Å²) in [5.41, 5.74) is 7.38. The van der Waals surface area contributed by atoms with Crippen LogP contribution in [0.5, 0.6) is 0 Å². The van der Waals surface area contributed by atoms with Crippen molar-refractivity contribution in [2.45, 2.75) is 41.5 Å². The summed E-state index contributed by atoms with van der Waals surface area (Å²) in [6.45, 7) is 13.0. The Bertz CT molecular complexity index is 851. The maximum absolute atomic E-state index is 12.4. The van der Waals surface area contributed by atoms with Gasteiger partial charge in [0, 0.05) is 17.9 Å². The number of carbonyl (C=O) groups is 2. The van der Waals surface area contributed by atoms with Crippen molar-refractivity contribution in [3.05, 3.63) is 58.1 Å². The van der Waals surface area contributed by atoms with Crippen LogP contribution < -0.4 is 15.5 Å². The van der Waals surface area contributed by atoms with Crippen molar-refractivity contribution in [1.82, 2.24) is 5.32 Å². The first-order chi connectivity index (χ1) is 13.2. The molecule has 0 unspecified atom stereocenters. The number of hydrogen-bond donors (Lipinski definition) is 2. The highest BCUT2D eigenvalue weighted by Crippen LogP contribution is 2.22. The van der Waals surface area contributed by atoms with Crippen LogP contribution in [-0.4, -0.2) is 31.4 Å². The van der Waals surface area contributed by atoms with Gasteiger partial charge in [0.2, 0.25) is 11.8 Å². The summed E-state index contributed by atoms with van der Waals surface area (Å²) in [4.78, 5) is 26.7. The van der Waals surface area contributed by atoms with Gasteiger partial charge in [0.15, 0.2) is 0 Å². The zero-order valence-corrected chi connectivity index (χ0v) is 17.8. The molecule has 0 aliphatic rings. The van der Waals surface area contributed by atoms with E-state index in [1.165, 1.54) is 5.56 Å². The number of nitrogens with zero attached hydrogens (tertiary/aromatic N) is 1. The average Bonchev–Trinajstić information content (AvgIpc) is 2.61. The molecule has 0 heterocycles. The second-order valence-corrected chi connectivity index (χ2v) is 7.40. The van der Waals surface area contributed by atoms with Gasteiger partial charge < -0.3 is 15.5 Å². The minimum Gasteiger partial charge on any atom is -0.362 e. The van der Waals surface area contributed by atoms with Crippen LogP contribution in [0, 0.1) is 34.6 Å². The van der Waals surface area contributed by atoms with Gasteiger partial charge in [0.1, 0.15) is 0 Å². The van der Waals surface area contributed by atoms with E-state index in [4.69, 9.17) is 0 Å². The standard InChI is InChI=1S/C23H31N3O2/c1-7-26(20-9-8-15(2)10-17(20)4)14-22(28)24-13-21(27)25-23-18(5)11-16(3)12-19(23)6/h8-12H,7,13-14H2,1-6H3,(H,24,28)(H,25,27). The fourth-order valence-electron chi connectivity index (χ4n) is 3.50. The largest absolute Gasteiger partial charge is 0.362 e. The smallest absolute Gasteiger partial charge is 0.243 e. The van der Waals surface area contributed by atoms with Gasteiger partial charge in [-0.05, 0) is 64.3 Å². The number of carbonyl (C=O) groups excluding carboxylic acids is 2. The molecule has 2 amide bonds. The Balaban J connectivity index is 1.93. The Morgan fingerprint density at radius 1 is 0.857 bits per heavy atom. The molecule has 2 rings (SSSR count). The first kappa shape index (κ1) is 21.5. The summed E-state index contributed by atoms with van der Waals surface area (Å²) in [7, 11) is 0. The number of benzene rings is 2. The molecule has 0 spiro atoms. The third-order valence-corrected chi connectivity index (χ3v) is 4.80. The second-order valence-electron chi connectivity index (χ2n) is 7.40. The number of amides is 2. The molecule has 28 heavy (non-hydrogen) atoms. The van der Waals surface area contributed by atoms with Crippen molar-refractivity contribution in [3.8, 4) is 0 Å². The molecule has 0 radical (unpaired) electrons. The predicted molar refractivity (Wildman–Crippen MR) is 116 cm³/mol. The lowest BCUT2D eigenvalue weighted by Gasteiger charge is -2.24. The average molecular weight is 382 g/mol. The molecule has 0 saturated heterocycles. The normalized spacial score (nSPS) is 10.5. The number of likely N-dealkylation sites (N-methyl/N-ethyl adjacent to an activating group) is 1. The molecule has 2 N–H and O–H groups in total. The Labute approximate surface area is 168 Å². The summed E-state index contributed by atoms with van der Waals surface area (Å²) in [6, 6.07) is 10.3. The number of rotatable bonds is 7. The maximum Gasteiger partial charge on any atom is 0.243 e. The molecule has 0 atom stereocenters. The minimum absolute atomic E-state index is 0.0456. The summed E-state index contributed by atoms with van der Waals surface area (Å²) in [6.07, 6.45) is 0. The molecule has 5 heteroatoms. The molecule has 0 aliphatic carbocycles. The van der Waals surface area contributed by atoms with E-state index >= 15 is 0 Å². The van der Waals surface area contributed by atoms with Gasteiger partial charge in [-0.15, -0.1) is 0 Å². The molecule has 2 aromatic rings. The first-order valence-electron chi connectivity index (χ1n) is 9.67. The Hall–Kier alpha value is -2.82. The van der Waals surface area contributed by atoms with Crippen LogP contribution in [0.25, 0.3) is 0 Å². The van der Waals surface area contributed by atoms with Gasteiger partial charge in [0.05, 0.1) is 13.1 Å². The number of hydrogen-bond acceptors (Lipinski definition) is 3. The van der Waals surface area contributed by atoms with Crippen molar-refractivity contribution in [1.29, 1.82) is 0 Å². The SMILES string of the molecule is CCN(CC(=O)NCC(=O)Nc1c(C)cc(C)cc1C)c1ccc(C)cc1C. The lowest BCUT2D eigenvalue weighted by atomic mass is 10.1. The Kier molecular flexibility index (Phi) is 7.21. The Morgan fingerprint density at radius 2 is 1.46 bits per heavy atom. The van der Waals surface area contributed by atoms with E-state index in [0.29, 0.717) is 6.54 Å². The van der Waals surface area contributed by atoms with Crippen LogP contribution in [0.15, 0.2) is 30.3 Å². The molecular weight excluding hydrogens is 350 g/mol. The fraction of sp³-hybridized carbons (Fsp3) is 0.391. The minimum atomic E-state index is -0.224. The molecule has 2 aromatic carbocycles. The molecule has 0 bridgehead atoms. The highest BCUT2D eigenvalue weighted by Gasteiger charge is 2.14. The highest BCUT2D eigenvalue weighted by molar-refractivity contribution is 5.96. The van der Waals surface area contributed by atoms with Crippen LogP contribution in [0.2, 0.25) is 0 Å². The van der Waals surface area contributed by atoms with Crippen molar-refractivity contribution in [2.24, 2.45) is 0 Å². The van der Waals surface area contributed by atoms with Crippen molar-refractivity contribution in [2.75, 3.05) is 29.9 Å². The van der Waals surface area contributed by atoms with E-state index in [2.05, 4.69) is 23.6 Å². The van der Waals surface area contributed by atoms with E-state index in [-0.39, 0.29) is 24.9 Å². The highest BCUT2D eigenvalue weighted by atomic mass is 16.2. The summed E-state index contributed by atoms with van der Waals surface area (Å²) in [5.74, 6) is -0.396. The van der Waals surface area contributed by atoms with Gasteiger partial charge in [-0.2, -0.15) is 0 Å². The topological polar surface area (TPSA) is 61.4 Å². The van der Waals surface area contributed by atoms with Gasteiger partial charge in [-0.3, -0.25) is 9.59 Å². The van der Waals surface area contributed by atoms with E-state index < -0.39 is 0 Å². The van der Waals surface area contributed by atoms with Crippen LogP contribution in [0.4, 0.5) is 11.4 Å². The van der Waals surface area contributed by atoms with Crippen LogP contribution in [0.1, 0.15) is 34.7 Å².